The van der Waals surface area contributed by atoms with Crippen LogP contribution in [-0.4, -0.2) is 45.4 Å². The molecule has 1 aromatic carbocycles. The Kier molecular flexibility index (Phi) is 5.75. The first-order chi connectivity index (χ1) is 13.8. The fourth-order valence-corrected chi connectivity index (χ4v) is 5.22. The third kappa shape index (κ3) is 3.73. The number of hydrogen-bond donors (Lipinski definition) is 3. The van der Waals surface area contributed by atoms with Gasteiger partial charge in [-0.15, -0.1) is 0 Å². The molecule has 1 saturated carbocycles. The van der Waals surface area contributed by atoms with Gasteiger partial charge in [0.2, 0.25) is 0 Å². The Hall–Kier alpha value is -1.44. The highest BCUT2D eigenvalue weighted by molar-refractivity contribution is 6.43. The monoisotopic (exact) mass is 436 g/mol. The molecule has 0 unspecified atom stereocenters. The van der Waals surface area contributed by atoms with Crippen LogP contribution in [0, 0.1) is 12.3 Å². The highest BCUT2D eigenvalue weighted by Crippen LogP contribution is 2.46. The zero-order valence-corrected chi connectivity index (χ0v) is 17.9. The number of nitrogens with zero attached hydrogens (tertiary/aromatic N) is 3. The molecule has 8 heteroatoms. The summed E-state index contributed by atoms with van der Waals surface area (Å²) < 4.78 is 0. The van der Waals surface area contributed by atoms with Crippen molar-refractivity contribution < 1.29 is 10.2 Å². The van der Waals surface area contributed by atoms with Gasteiger partial charge in [0, 0.05) is 24.7 Å². The van der Waals surface area contributed by atoms with Crippen LogP contribution in [0.2, 0.25) is 10.0 Å². The van der Waals surface area contributed by atoms with Crippen molar-refractivity contribution in [1.29, 1.82) is 0 Å². The lowest BCUT2D eigenvalue weighted by molar-refractivity contribution is 0.141. The van der Waals surface area contributed by atoms with Crippen molar-refractivity contribution in [2.45, 2.75) is 51.4 Å². The van der Waals surface area contributed by atoms with Crippen LogP contribution in [-0.2, 0) is 6.61 Å². The second-order valence-corrected chi connectivity index (χ2v) is 9.02. The minimum absolute atomic E-state index is 0.00597. The zero-order chi connectivity index (χ0) is 20.8. The molecule has 156 valence electrons. The Balaban J connectivity index is 1.63. The summed E-state index contributed by atoms with van der Waals surface area (Å²) in [5, 5.41) is 20.9. The van der Waals surface area contributed by atoms with E-state index in [0.717, 1.165) is 38.0 Å². The van der Waals surface area contributed by atoms with Gasteiger partial charge in [0.25, 0.3) is 0 Å². The van der Waals surface area contributed by atoms with Gasteiger partial charge in [-0.2, -0.15) is 0 Å². The summed E-state index contributed by atoms with van der Waals surface area (Å²) in [6, 6.07) is 5.44. The number of benzene rings is 1. The molecule has 2 fully saturated rings. The van der Waals surface area contributed by atoms with E-state index in [2.05, 4.69) is 4.90 Å². The van der Waals surface area contributed by atoms with Crippen molar-refractivity contribution in [2.75, 3.05) is 18.0 Å². The van der Waals surface area contributed by atoms with Crippen LogP contribution >= 0.6 is 23.2 Å². The molecule has 2 aliphatic rings. The van der Waals surface area contributed by atoms with Crippen LogP contribution in [0.4, 0.5) is 5.82 Å². The average molecular weight is 437 g/mol. The number of halogens is 2. The molecule has 6 nitrogen and oxygen atoms in total. The van der Waals surface area contributed by atoms with Crippen LogP contribution in [0.5, 0.6) is 0 Å². The summed E-state index contributed by atoms with van der Waals surface area (Å²) in [7, 11) is 0. The zero-order valence-electron chi connectivity index (χ0n) is 16.4. The number of aliphatic hydroxyl groups is 2. The highest BCUT2D eigenvalue weighted by atomic mass is 35.5. The molecule has 2 heterocycles. The molecule has 0 radical (unpaired) electrons. The first-order valence-electron chi connectivity index (χ1n) is 9.96. The minimum atomic E-state index is -0.298. The summed E-state index contributed by atoms with van der Waals surface area (Å²) in [6.45, 7) is 3.23. The Morgan fingerprint density at radius 1 is 1.24 bits per heavy atom. The van der Waals surface area contributed by atoms with E-state index >= 15 is 0 Å². The second kappa shape index (κ2) is 8.00. The maximum Gasteiger partial charge on any atom is 0.153 e. The van der Waals surface area contributed by atoms with Gasteiger partial charge in [-0.1, -0.05) is 35.3 Å². The van der Waals surface area contributed by atoms with Crippen LogP contribution in [0.15, 0.2) is 18.2 Å². The first-order valence-corrected chi connectivity index (χ1v) is 10.7. The van der Waals surface area contributed by atoms with Crippen LogP contribution < -0.4 is 10.6 Å². The second-order valence-electron chi connectivity index (χ2n) is 8.24. The lowest BCUT2D eigenvalue weighted by Gasteiger charge is -2.42. The van der Waals surface area contributed by atoms with Crippen molar-refractivity contribution in [3.05, 3.63) is 39.6 Å². The van der Waals surface area contributed by atoms with Crippen molar-refractivity contribution in [3.63, 3.8) is 0 Å². The number of aromatic nitrogens is 2. The molecule has 4 rings (SSSR count). The number of aryl methyl sites for hydroxylation is 1. The average Bonchev–Trinajstić information content (AvgIpc) is 2.97. The van der Waals surface area contributed by atoms with E-state index < -0.39 is 0 Å². The van der Waals surface area contributed by atoms with Gasteiger partial charge in [0.1, 0.15) is 5.69 Å². The number of piperidine rings is 1. The Morgan fingerprint density at radius 3 is 2.59 bits per heavy atom. The van der Waals surface area contributed by atoms with E-state index in [1.165, 1.54) is 0 Å². The normalized spacial score (nSPS) is 23.7. The van der Waals surface area contributed by atoms with Crippen molar-refractivity contribution >= 4 is 29.0 Å². The standard InChI is InChI=1S/C21H26Cl2N4O2/c1-12-19(14-3-2-4-15(22)18(14)23)26-16(11-28)20(25-12)27-7-5-21(6-8-27)10-13(29)9-17(21)24/h2-4,13,17,28-29H,5-11,24H2,1H3/t13-,17+/m0/s1. The largest absolute Gasteiger partial charge is 0.393 e. The Labute approximate surface area is 180 Å². The van der Waals surface area contributed by atoms with Gasteiger partial charge in [-0.25, -0.2) is 9.97 Å². The molecule has 2 aromatic rings. The molecule has 1 aromatic heterocycles. The van der Waals surface area contributed by atoms with Gasteiger partial charge < -0.3 is 20.8 Å². The summed E-state index contributed by atoms with van der Waals surface area (Å²) >= 11 is 12.5. The minimum Gasteiger partial charge on any atom is -0.393 e. The fraction of sp³-hybridized carbons (Fsp3) is 0.524. The summed E-state index contributed by atoms with van der Waals surface area (Å²) in [5.74, 6) is 0.703. The molecule has 0 amide bonds. The van der Waals surface area contributed by atoms with E-state index in [0.29, 0.717) is 39.2 Å². The Morgan fingerprint density at radius 2 is 1.97 bits per heavy atom. The van der Waals surface area contributed by atoms with Crippen molar-refractivity contribution in [2.24, 2.45) is 11.1 Å². The van der Waals surface area contributed by atoms with Crippen molar-refractivity contribution in [1.82, 2.24) is 9.97 Å². The van der Waals surface area contributed by atoms with Gasteiger partial charge in [0.15, 0.2) is 5.82 Å². The smallest absolute Gasteiger partial charge is 0.153 e. The molecular formula is C21H26Cl2N4O2. The fourth-order valence-electron chi connectivity index (χ4n) is 4.83. The molecule has 1 aliphatic heterocycles. The maximum absolute atomic E-state index is 10.0. The topological polar surface area (TPSA) is 95.5 Å². The molecule has 1 saturated heterocycles. The summed E-state index contributed by atoms with van der Waals surface area (Å²) in [6.07, 6.45) is 2.95. The maximum atomic E-state index is 10.0. The number of anilines is 1. The molecule has 2 atom stereocenters. The third-order valence-corrected chi connectivity index (χ3v) is 7.31. The first kappa shape index (κ1) is 20.8. The van der Waals surface area contributed by atoms with Crippen molar-refractivity contribution in [3.8, 4) is 11.3 Å². The predicted molar refractivity (Wildman–Crippen MR) is 115 cm³/mol. The summed E-state index contributed by atoms with van der Waals surface area (Å²) in [4.78, 5) is 11.6. The SMILES string of the molecule is Cc1nc(N2CCC3(CC2)C[C@@H](O)C[C@H]3N)c(CO)nc1-c1cccc(Cl)c1Cl. The van der Waals surface area contributed by atoms with E-state index in [4.69, 9.17) is 38.9 Å². The van der Waals surface area contributed by atoms with Gasteiger partial charge in [-0.05, 0) is 44.1 Å². The molecule has 4 N–H and O–H groups in total. The number of aliphatic hydroxyl groups excluding tert-OH is 2. The van der Waals surface area contributed by atoms with E-state index in [1.54, 1.807) is 6.07 Å². The predicted octanol–water partition coefficient (Wildman–Crippen LogP) is 3.32. The Bertz CT molecular complexity index is 916. The molecule has 1 aliphatic carbocycles. The van der Waals surface area contributed by atoms with Gasteiger partial charge in [-0.3, -0.25) is 0 Å². The summed E-state index contributed by atoms with van der Waals surface area (Å²) in [5.41, 5.74) is 8.93. The number of nitrogens with two attached hydrogens (primary N) is 1. The highest BCUT2D eigenvalue weighted by Gasteiger charge is 2.46. The van der Waals surface area contributed by atoms with E-state index in [-0.39, 0.29) is 24.2 Å². The van der Waals surface area contributed by atoms with Gasteiger partial charge in [0.05, 0.1) is 34.1 Å². The molecular weight excluding hydrogens is 411 g/mol. The van der Waals surface area contributed by atoms with Crippen LogP contribution in [0.3, 0.4) is 0 Å². The van der Waals surface area contributed by atoms with E-state index in [1.807, 2.05) is 19.1 Å². The van der Waals surface area contributed by atoms with E-state index in [9.17, 15) is 10.2 Å². The quantitative estimate of drug-likeness (QED) is 0.682. The number of hydrogen-bond acceptors (Lipinski definition) is 6. The van der Waals surface area contributed by atoms with Crippen LogP contribution in [0.25, 0.3) is 11.3 Å². The van der Waals surface area contributed by atoms with Crippen LogP contribution in [0.1, 0.15) is 37.1 Å². The lowest BCUT2D eigenvalue weighted by Crippen LogP contribution is -2.47. The number of rotatable bonds is 3. The third-order valence-electron chi connectivity index (χ3n) is 6.49. The van der Waals surface area contributed by atoms with Gasteiger partial charge >= 0.3 is 0 Å². The lowest BCUT2D eigenvalue weighted by atomic mass is 9.74. The molecule has 1 spiro atoms. The molecule has 29 heavy (non-hydrogen) atoms. The molecule has 0 bridgehead atoms.